The molecule has 0 heterocycles. The second kappa shape index (κ2) is 76.1. The molecule has 3 atom stereocenters. The van der Waals surface area contributed by atoms with Crippen molar-refractivity contribution in [1.29, 1.82) is 0 Å². The maximum atomic E-state index is 9.10. The summed E-state index contributed by atoms with van der Waals surface area (Å²) in [5.74, 6) is 0. The molecule has 73 heavy (non-hydrogen) atoms. The minimum absolute atomic E-state index is 0. The zero-order valence-electron chi connectivity index (χ0n) is 49.8. The summed E-state index contributed by atoms with van der Waals surface area (Å²) in [7, 11) is -10.8. The summed E-state index contributed by atoms with van der Waals surface area (Å²) < 4.78 is 17.1. The van der Waals surface area contributed by atoms with E-state index in [9.17, 15) is 0 Å². The molecular formula is C54H132N6O11P2. The summed E-state index contributed by atoms with van der Waals surface area (Å²) in [4.78, 5) is 51.3. The number of phosphoric acid groups is 2. The molecule has 0 amide bonds. The van der Waals surface area contributed by atoms with Crippen LogP contribution in [0.1, 0.15) is 311 Å². The lowest BCUT2D eigenvalue weighted by Gasteiger charge is -2.36. The Balaban J connectivity index is -0.000000129. The largest absolute Gasteiger partial charge is 0.822 e. The molecule has 0 saturated carbocycles. The summed E-state index contributed by atoms with van der Waals surface area (Å²) in [5.41, 5.74) is 0. The lowest BCUT2D eigenvalue weighted by molar-refractivity contribution is -0.720. The van der Waals surface area contributed by atoms with Gasteiger partial charge in [0, 0.05) is 20.8 Å². The van der Waals surface area contributed by atoms with Crippen LogP contribution >= 0.6 is 15.6 Å². The van der Waals surface area contributed by atoms with Crippen molar-refractivity contribution in [3.63, 3.8) is 0 Å². The average molecular weight is 1100 g/mol. The van der Waals surface area contributed by atoms with Crippen LogP contribution in [0.15, 0.2) is 0 Å². The van der Waals surface area contributed by atoms with Crippen LogP contribution in [-0.2, 0) is 9.13 Å². The molecule has 0 aliphatic carbocycles. The molecule has 19 heteroatoms. The summed E-state index contributed by atoms with van der Waals surface area (Å²) in [6, 6.07) is 0. The van der Waals surface area contributed by atoms with Gasteiger partial charge >= 0.3 is 0 Å². The van der Waals surface area contributed by atoms with Gasteiger partial charge in [0.15, 0.2) is 18.7 Å². The standard InChI is InChI=1S/3C18H39NO.3H3N.2H3O4P/c3*1-3-4-5-6-7-8-9-10-11-12-13-14-15-16-17-19-18(2)20;;;;2*1-5(2,3)4/h3*18-20H,3-17H2,1-2H3;3*1H3;2*(H3,1,2,3,4). The highest BCUT2D eigenvalue weighted by Gasteiger charge is 2.00. The molecule has 0 fully saturated rings. The lowest BCUT2D eigenvalue weighted by Crippen LogP contribution is -2.89. The van der Waals surface area contributed by atoms with Gasteiger partial charge in [-0.05, 0) is 38.5 Å². The van der Waals surface area contributed by atoms with Crippen LogP contribution in [0, 0.1) is 0 Å². The molecule has 454 valence electrons. The SMILES string of the molecule is CCCCCCCCCCCCCCCC[NH2+]C(C)O.CCCCCCCCCCCCCCCC[NH2+]C(C)O.CCCCCCCCCCCCCCCC[NH2+]C(C)O.O=P([O-])([O-])[O-].O=P([O-])([O-])[O-].[NH4+].[NH4+].[NH4+]. The Morgan fingerprint density at radius 1 is 0.274 bits per heavy atom. The Kier molecular flexibility index (Phi) is 93.2. The number of quaternary nitrogens is 6. The molecule has 0 aliphatic heterocycles. The predicted molar refractivity (Wildman–Crippen MR) is 300 cm³/mol. The topological polar surface area (TPSA) is 393 Å². The van der Waals surface area contributed by atoms with Gasteiger partial charge in [-0.3, -0.25) is 0 Å². The highest BCUT2D eigenvalue weighted by atomic mass is 31.2. The molecule has 0 bridgehead atoms. The van der Waals surface area contributed by atoms with Gasteiger partial charge in [-0.15, -0.1) is 0 Å². The van der Waals surface area contributed by atoms with Crippen molar-refractivity contribution in [2.24, 2.45) is 0 Å². The van der Waals surface area contributed by atoms with Crippen molar-refractivity contribution >= 4 is 15.6 Å². The number of hydrogen-bond acceptors (Lipinski definition) is 11. The minimum Gasteiger partial charge on any atom is -0.822 e. The smallest absolute Gasteiger partial charge is 0.184 e. The Hall–Kier alpha value is -0.140. The molecule has 0 rings (SSSR count). The maximum absolute atomic E-state index is 9.10. The first-order valence-corrected chi connectivity index (χ1v) is 32.2. The van der Waals surface area contributed by atoms with Crippen LogP contribution in [0.5, 0.6) is 0 Å². The first kappa shape index (κ1) is 89.4. The van der Waals surface area contributed by atoms with E-state index in [4.69, 9.17) is 53.8 Å². The van der Waals surface area contributed by atoms with Crippen molar-refractivity contribution < 1.29 is 69.8 Å². The first-order chi connectivity index (χ1) is 33.3. The lowest BCUT2D eigenvalue weighted by atomic mass is 10.0. The highest BCUT2D eigenvalue weighted by Crippen LogP contribution is 2.15. The second-order valence-electron chi connectivity index (χ2n) is 20.0. The third kappa shape index (κ3) is 136. The van der Waals surface area contributed by atoms with E-state index in [1.54, 1.807) is 0 Å². The van der Waals surface area contributed by atoms with E-state index >= 15 is 0 Å². The van der Waals surface area contributed by atoms with Gasteiger partial charge in [0.2, 0.25) is 0 Å². The van der Waals surface area contributed by atoms with Gasteiger partial charge < -0.3 is 88.2 Å². The maximum Gasteiger partial charge on any atom is 0.184 e. The zero-order valence-corrected chi connectivity index (χ0v) is 51.6. The monoisotopic (exact) mass is 1100 g/mol. The van der Waals surface area contributed by atoms with Crippen LogP contribution in [0.3, 0.4) is 0 Å². The molecule has 17 nitrogen and oxygen atoms in total. The second-order valence-corrected chi connectivity index (χ2v) is 21.8. The van der Waals surface area contributed by atoms with Crippen molar-refractivity contribution in [2.75, 3.05) is 19.6 Å². The molecule has 0 aromatic rings. The first-order valence-electron chi connectivity index (χ1n) is 29.3. The van der Waals surface area contributed by atoms with Crippen LogP contribution in [0.4, 0.5) is 0 Å². The highest BCUT2D eigenvalue weighted by molar-refractivity contribution is 7.40. The van der Waals surface area contributed by atoms with Gasteiger partial charge in [-0.25, -0.2) is 0 Å². The van der Waals surface area contributed by atoms with E-state index < -0.39 is 15.6 Å². The molecule has 0 aliphatic rings. The quantitative estimate of drug-likeness (QED) is 0.0158. The van der Waals surface area contributed by atoms with E-state index in [-0.39, 0.29) is 37.1 Å². The van der Waals surface area contributed by atoms with Crippen molar-refractivity contribution in [3.05, 3.63) is 0 Å². The third-order valence-corrected chi connectivity index (χ3v) is 12.2. The van der Waals surface area contributed by atoms with Gasteiger partial charge in [-0.2, -0.15) is 15.6 Å². The van der Waals surface area contributed by atoms with E-state index in [2.05, 4.69) is 20.8 Å². The van der Waals surface area contributed by atoms with E-state index in [1.807, 2.05) is 36.7 Å². The average Bonchev–Trinajstić information content (AvgIpc) is 3.26. The Bertz CT molecular complexity index is 894. The fourth-order valence-corrected chi connectivity index (χ4v) is 8.09. The van der Waals surface area contributed by atoms with E-state index in [0.29, 0.717) is 0 Å². The molecule has 3 unspecified atom stereocenters. The van der Waals surface area contributed by atoms with Crippen LogP contribution in [-0.4, -0.2) is 53.6 Å². The predicted octanol–water partition coefficient (Wildman–Crippen LogP) is 8.59. The summed E-state index contributed by atoms with van der Waals surface area (Å²) in [6.07, 6.45) is 58.6. The molecule has 0 aromatic carbocycles. The Labute approximate surface area is 451 Å². The molecule has 0 saturated heterocycles. The van der Waals surface area contributed by atoms with Gasteiger partial charge in [0.05, 0.1) is 19.6 Å². The summed E-state index contributed by atoms with van der Waals surface area (Å²) in [5, 5.41) is 33.3. The Morgan fingerprint density at radius 3 is 0.466 bits per heavy atom. The fraction of sp³-hybridized carbons (Fsp3) is 1.00. The number of hydrogen-bond donors (Lipinski definition) is 9. The van der Waals surface area contributed by atoms with Crippen molar-refractivity contribution in [3.8, 4) is 0 Å². The van der Waals surface area contributed by atoms with E-state index in [0.717, 1.165) is 19.6 Å². The Morgan fingerprint density at radius 2 is 0.370 bits per heavy atom. The number of nitrogens with two attached hydrogens (primary N) is 3. The van der Waals surface area contributed by atoms with Crippen molar-refractivity contribution in [1.82, 2.24) is 18.5 Å². The van der Waals surface area contributed by atoms with Gasteiger partial charge in [-0.1, -0.05) is 252 Å². The van der Waals surface area contributed by atoms with Crippen LogP contribution in [0.2, 0.25) is 0 Å². The third-order valence-electron chi connectivity index (χ3n) is 12.2. The number of aliphatic hydroxyl groups is 3. The van der Waals surface area contributed by atoms with E-state index in [1.165, 1.54) is 270 Å². The van der Waals surface area contributed by atoms with Crippen molar-refractivity contribution in [2.45, 2.75) is 330 Å². The number of rotatable bonds is 48. The number of unbranched alkanes of at least 4 members (excludes halogenated alkanes) is 39. The summed E-state index contributed by atoms with van der Waals surface area (Å²) in [6.45, 7) is 15.6. The normalized spacial score (nSPS) is 12.1. The molecule has 21 N–H and O–H groups in total. The minimum atomic E-state index is -5.39. The summed E-state index contributed by atoms with van der Waals surface area (Å²) >= 11 is 0. The van der Waals surface area contributed by atoms with Gasteiger partial charge in [0.1, 0.15) is 0 Å². The van der Waals surface area contributed by atoms with Crippen LogP contribution in [0.25, 0.3) is 0 Å². The molecule has 0 aromatic heterocycles. The molecular weight excluding hydrogens is 971 g/mol. The van der Waals surface area contributed by atoms with Gasteiger partial charge in [0.25, 0.3) is 0 Å². The zero-order chi connectivity index (χ0) is 53.7. The fourth-order valence-electron chi connectivity index (χ4n) is 8.09. The van der Waals surface area contributed by atoms with Crippen LogP contribution < -0.4 is 63.8 Å². The molecule has 0 spiro atoms. The molecule has 0 radical (unpaired) electrons. The number of aliphatic hydroxyl groups excluding tert-OH is 3.